The zero-order chi connectivity index (χ0) is 11.7. The van der Waals surface area contributed by atoms with Gasteiger partial charge in [-0.2, -0.15) is 5.10 Å². The van der Waals surface area contributed by atoms with Crippen LogP contribution >= 0.6 is 11.6 Å². The van der Waals surface area contributed by atoms with E-state index in [1.807, 2.05) is 18.2 Å². The lowest BCUT2D eigenvalue weighted by Crippen LogP contribution is -1.95. The second-order valence-corrected chi connectivity index (χ2v) is 3.87. The molecule has 0 bridgehead atoms. The Morgan fingerprint density at radius 3 is 3.12 bits per heavy atom. The van der Waals surface area contributed by atoms with Crippen molar-refractivity contribution in [1.82, 2.24) is 15.4 Å². The maximum absolute atomic E-state index is 5.90. The van der Waals surface area contributed by atoms with Gasteiger partial charge in [0.2, 0.25) is 0 Å². The Morgan fingerprint density at radius 1 is 1.35 bits per heavy atom. The first-order chi connectivity index (χ1) is 8.33. The van der Waals surface area contributed by atoms with E-state index in [0.29, 0.717) is 17.5 Å². The monoisotopic (exact) mass is 249 g/mol. The molecular weight excluding hydrogens is 242 g/mol. The zero-order valence-corrected chi connectivity index (χ0v) is 9.44. The van der Waals surface area contributed by atoms with Crippen LogP contribution in [0, 0.1) is 0 Å². The molecule has 0 aliphatic carbocycles. The first-order valence-corrected chi connectivity index (χ1v) is 5.36. The van der Waals surface area contributed by atoms with Crippen molar-refractivity contribution in [3.05, 3.63) is 41.4 Å². The van der Waals surface area contributed by atoms with Gasteiger partial charge < -0.3 is 9.26 Å². The number of benzene rings is 1. The van der Waals surface area contributed by atoms with Gasteiger partial charge in [-0.15, -0.1) is 0 Å². The maximum atomic E-state index is 5.90. The Hall–Kier alpha value is -2.01. The number of nitrogens with zero attached hydrogens (tertiary/aromatic N) is 2. The molecule has 0 spiro atoms. The number of H-pyrrole nitrogens is 1. The third-order valence-corrected chi connectivity index (χ3v) is 2.65. The number of rotatable bonds is 3. The van der Waals surface area contributed by atoms with Gasteiger partial charge in [-0.25, -0.2) is 0 Å². The van der Waals surface area contributed by atoms with Crippen LogP contribution in [0.3, 0.4) is 0 Å². The summed E-state index contributed by atoms with van der Waals surface area (Å²) in [6, 6.07) is 7.27. The van der Waals surface area contributed by atoms with E-state index in [2.05, 4.69) is 15.4 Å². The molecule has 0 amide bonds. The van der Waals surface area contributed by atoms with Crippen molar-refractivity contribution in [3.63, 3.8) is 0 Å². The summed E-state index contributed by atoms with van der Waals surface area (Å²) in [6.45, 7) is 0.361. The molecule has 3 rings (SSSR count). The van der Waals surface area contributed by atoms with Gasteiger partial charge in [0, 0.05) is 17.5 Å². The first kappa shape index (κ1) is 10.2. The lowest BCUT2D eigenvalue weighted by molar-refractivity contribution is 0.289. The van der Waals surface area contributed by atoms with E-state index < -0.39 is 0 Å². The number of nitrogens with one attached hydrogen (secondary N) is 1. The standard InChI is InChI=1S/C11H8ClN3O2/c12-11-9-2-1-8(5-10(9)13-14-11)16-6-7-3-4-17-15-7/h1-5H,6H2,(H,13,14). The predicted octanol–water partition coefficient (Wildman–Crippen LogP) is 2.78. The number of aromatic nitrogens is 3. The van der Waals surface area contributed by atoms with E-state index in [1.54, 1.807) is 6.07 Å². The van der Waals surface area contributed by atoms with Crippen LogP contribution in [0.1, 0.15) is 5.69 Å². The molecule has 0 aliphatic heterocycles. The molecule has 17 heavy (non-hydrogen) atoms. The van der Waals surface area contributed by atoms with Gasteiger partial charge in [0.15, 0.2) is 0 Å². The molecular formula is C11H8ClN3O2. The summed E-state index contributed by atoms with van der Waals surface area (Å²) in [5.41, 5.74) is 1.51. The fourth-order valence-electron chi connectivity index (χ4n) is 1.52. The van der Waals surface area contributed by atoms with Crippen LogP contribution in [0.4, 0.5) is 0 Å². The molecule has 0 unspecified atom stereocenters. The molecule has 0 radical (unpaired) electrons. The lowest BCUT2D eigenvalue weighted by atomic mass is 10.2. The van der Waals surface area contributed by atoms with E-state index in [9.17, 15) is 0 Å². The molecule has 2 aromatic heterocycles. The lowest BCUT2D eigenvalue weighted by Gasteiger charge is -2.02. The summed E-state index contributed by atoms with van der Waals surface area (Å²) >= 11 is 5.90. The Bertz CT molecular complexity index is 633. The normalized spacial score (nSPS) is 10.9. The van der Waals surface area contributed by atoms with Crippen molar-refractivity contribution in [1.29, 1.82) is 0 Å². The van der Waals surface area contributed by atoms with Gasteiger partial charge >= 0.3 is 0 Å². The van der Waals surface area contributed by atoms with E-state index in [1.165, 1.54) is 6.26 Å². The van der Waals surface area contributed by atoms with Crippen LogP contribution in [0.2, 0.25) is 5.15 Å². The largest absolute Gasteiger partial charge is 0.487 e. The van der Waals surface area contributed by atoms with Crippen molar-refractivity contribution in [3.8, 4) is 5.75 Å². The van der Waals surface area contributed by atoms with Gasteiger partial charge in [-0.1, -0.05) is 16.8 Å². The number of halogens is 1. The fourth-order valence-corrected chi connectivity index (χ4v) is 1.72. The third kappa shape index (κ3) is 1.97. The molecule has 0 atom stereocenters. The van der Waals surface area contributed by atoms with Gasteiger partial charge in [0.1, 0.15) is 29.5 Å². The Morgan fingerprint density at radius 2 is 2.29 bits per heavy atom. The minimum absolute atomic E-state index is 0.361. The average Bonchev–Trinajstić information content (AvgIpc) is 2.97. The number of hydrogen-bond acceptors (Lipinski definition) is 4. The molecule has 5 nitrogen and oxygen atoms in total. The summed E-state index contributed by atoms with van der Waals surface area (Å²) < 4.78 is 10.3. The molecule has 1 aromatic carbocycles. The van der Waals surface area contributed by atoms with Crippen LogP contribution in [-0.4, -0.2) is 15.4 Å². The van der Waals surface area contributed by atoms with Gasteiger partial charge in [-0.3, -0.25) is 5.10 Å². The Balaban J connectivity index is 1.81. The summed E-state index contributed by atoms with van der Waals surface area (Å²) in [5.74, 6) is 0.712. The topological polar surface area (TPSA) is 63.9 Å². The fraction of sp³-hybridized carbons (Fsp3) is 0.0909. The van der Waals surface area contributed by atoms with Crippen LogP contribution in [0.5, 0.6) is 5.75 Å². The minimum atomic E-state index is 0.361. The van der Waals surface area contributed by atoms with Crippen LogP contribution < -0.4 is 4.74 Å². The van der Waals surface area contributed by atoms with Gasteiger partial charge in [0.05, 0.1) is 5.52 Å². The molecule has 2 heterocycles. The maximum Gasteiger partial charge on any atom is 0.134 e. The molecule has 0 fully saturated rings. The second-order valence-electron chi connectivity index (χ2n) is 3.50. The minimum Gasteiger partial charge on any atom is -0.487 e. The van der Waals surface area contributed by atoms with Crippen molar-refractivity contribution in [2.24, 2.45) is 0 Å². The van der Waals surface area contributed by atoms with Gasteiger partial charge in [-0.05, 0) is 12.1 Å². The van der Waals surface area contributed by atoms with Crippen LogP contribution in [-0.2, 0) is 6.61 Å². The summed E-state index contributed by atoms with van der Waals surface area (Å²) in [7, 11) is 0. The van der Waals surface area contributed by atoms with Crippen molar-refractivity contribution >= 4 is 22.5 Å². The van der Waals surface area contributed by atoms with E-state index in [4.69, 9.17) is 20.9 Å². The Labute approximate surface area is 101 Å². The third-order valence-electron chi connectivity index (χ3n) is 2.36. The number of hydrogen-bond donors (Lipinski definition) is 1. The van der Waals surface area contributed by atoms with Crippen molar-refractivity contribution in [2.75, 3.05) is 0 Å². The molecule has 1 N–H and O–H groups in total. The van der Waals surface area contributed by atoms with E-state index in [-0.39, 0.29) is 0 Å². The highest BCUT2D eigenvalue weighted by atomic mass is 35.5. The van der Waals surface area contributed by atoms with Gasteiger partial charge in [0.25, 0.3) is 0 Å². The number of aromatic amines is 1. The number of ether oxygens (including phenoxy) is 1. The van der Waals surface area contributed by atoms with Crippen LogP contribution in [0.15, 0.2) is 35.1 Å². The molecule has 0 aliphatic rings. The smallest absolute Gasteiger partial charge is 0.134 e. The zero-order valence-electron chi connectivity index (χ0n) is 8.68. The highest BCUT2D eigenvalue weighted by Gasteiger charge is 2.05. The highest BCUT2D eigenvalue weighted by Crippen LogP contribution is 2.24. The van der Waals surface area contributed by atoms with Crippen molar-refractivity contribution < 1.29 is 9.26 Å². The summed E-state index contributed by atoms with van der Waals surface area (Å²) in [6.07, 6.45) is 1.51. The summed E-state index contributed by atoms with van der Waals surface area (Å²) in [4.78, 5) is 0. The van der Waals surface area contributed by atoms with Crippen LogP contribution in [0.25, 0.3) is 10.9 Å². The van der Waals surface area contributed by atoms with Crippen molar-refractivity contribution in [2.45, 2.75) is 6.61 Å². The average molecular weight is 250 g/mol. The van der Waals surface area contributed by atoms with E-state index >= 15 is 0 Å². The summed E-state index contributed by atoms with van der Waals surface area (Å²) in [5, 5.41) is 11.9. The SMILES string of the molecule is Clc1[nH]nc2cc(OCc3ccon3)ccc12. The molecule has 0 saturated heterocycles. The predicted molar refractivity (Wildman–Crippen MR) is 61.9 cm³/mol. The first-order valence-electron chi connectivity index (χ1n) is 4.98. The molecule has 0 saturated carbocycles. The highest BCUT2D eigenvalue weighted by molar-refractivity contribution is 6.34. The second kappa shape index (κ2) is 4.10. The molecule has 6 heteroatoms. The quantitative estimate of drug-likeness (QED) is 0.775. The number of fused-ring (bicyclic) bond motifs is 1. The molecule has 86 valence electrons. The van der Waals surface area contributed by atoms with E-state index in [0.717, 1.165) is 16.6 Å². The Kier molecular flexibility index (Phi) is 2.45. The molecule has 3 aromatic rings.